The third kappa shape index (κ3) is 7.46. The van der Waals surface area contributed by atoms with Gasteiger partial charge in [-0.25, -0.2) is 33.7 Å². The second-order valence-corrected chi connectivity index (χ2v) is 18.7. The average Bonchev–Trinajstić information content (AvgIpc) is 3.50. The first-order valence-corrected chi connectivity index (χ1v) is 20.2. The zero-order valence-electron chi connectivity index (χ0n) is 25.3. The number of nitrogens with one attached hydrogen (secondary N) is 2. The first-order chi connectivity index (χ1) is 21.3. The van der Waals surface area contributed by atoms with E-state index < -0.39 is 96.4 Å². The highest BCUT2D eigenvalue weighted by Gasteiger charge is 2.52. The van der Waals surface area contributed by atoms with Crippen LogP contribution in [0.2, 0.25) is 0 Å². The molecule has 4 rings (SSSR count). The van der Waals surface area contributed by atoms with Crippen LogP contribution in [0.5, 0.6) is 11.5 Å². The van der Waals surface area contributed by atoms with Crippen LogP contribution in [0, 0.1) is 0 Å². The first-order valence-electron chi connectivity index (χ1n) is 13.7. The van der Waals surface area contributed by atoms with Gasteiger partial charge in [0, 0.05) is 25.2 Å². The molecule has 2 fully saturated rings. The summed E-state index contributed by atoms with van der Waals surface area (Å²) in [6.45, 7) is 2.37. The van der Waals surface area contributed by atoms with E-state index >= 15 is 0 Å². The minimum absolute atomic E-state index is 0.00778. The van der Waals surface area contributed by atoms with E-state index in [1.807, 2.05) is 0 Å². The number of sulfone groups is 2. The van der Waals surface area contributed by atoms with E-state index in [9.17, 15) is 43.3 Å². The molecule has 2 amide bonds. The maximum atomic E-state index is 14.7. The molecule has 2 heterocycles. The molecule has 0 bridgehead atoms. The molecule has 2 aromatic carbocycles. The maximum absolute atomic E-state index is 14.7. The number of amides is 2. The van der Waals surface area contributed by atoms with Crippen LogP contribution >= 0.6 is 0 Å². The molecule has 0 saturated carbocycles. The number of benzene rings is 2. The van der Waals surface area contributed by atoms with Crippen LogP contribution in [0.4, 0.5) is 11.4 Å². The molecule has 0 aliphatic carbocycles. The van der Waals surface area contributed by atoms with Gasteiger partial charge in [-0.3, -0.25) is 9.59 Å². The maximum Gasteiger partial charge on any atom is 0.260 e. The summed E-state index contributed by atoms with van der Waals surface area (Å²) in [4.78, 5) is 22.3. The van der Waals surface area contributed by atoms with Crippen molar-refractivity contribution in [2.24, 2.45) is 0 Å². The van der Waals surface area contributed by atoms with E-state index in [0.29, 0.717) is 8.83 Å². The quantitative estimate of drug-likeness (QED) is 0.305. The van der Waals surface area contributed by atoms with Crippen LogP contribution in [-0.4, -0.2) is 104 Å². The summed E-state index contributed by atoms with van der Waals surface area (Å²) in [7, 11) is -15.6. The predicted molar refractivity (Wildman–Crippen MR) is 167 cm³/mol. The Morgan fingerprint density at radius 1 is 0.696 bits per heavy atom. The fourth-order valence-electron chi connectivity index (χ4n) is 5.35. The number of carbonyl (C=O) groups excluding carboxylic acids is 2. The van der Waals surface area contributed by atoms with Crippen molar-refractivity contribution in [3.63, 3.8) is 0 Å². The number of rotatable bonds is 11. The Labute approximate surface area is 267 Å². The van der Waals surface area contributed by atoms with Crippen LogP contribution in [-0.2, 0) is 49.3 Å². The summed E-state index contributed by atoms with van der Waals surface area (Å²) in [5, 5.41) is 4.89. The summed E-state index contributed by atoms with van der Waals surface area (Å²) in [5.41, 5.74) is 0.0156. The third-order valence-corrected chi connectivity index (χ3v) is 14.5. The number of hydrogen-bond donors (Lipinski definition) is 2. The highest BCUT2D eigenvalue weighted by molar-refractivity contribution is 7.93. The predicted octanol–water partition coefficient (Wildman–Crippen LogP) is 0.591. The van der Waals surface area contributed by atoms with Gasteiger partial charge in [0.15, 0.2) is 19.7 Å². The van der Waals surface area contributed by atoms with E-state index in [0.717, 1.165) is 26.4 Å². The van der Waals surface area contributed by atoms with Crippen LogP contribution < -0.4 is 20.1 Å². The van der Waals surface area contributed by atoms with Gasteiger partial charge in [0.1, 0.15) is 21.3 Å². The van der Waals surface area contributed by atoms with Crippen LogP contribution in [0.15, 0.2) is 46.2 Å². The molecule has 2 N–H and O–H groups in total. The summed E-state index contributed by atoms with van der Waals surface area (Å²) in [6.07, 6.45) is -0.631. The SMILES string of the molecule is COc1ccc(NC(C)=O)cc1S(=O)(=O)N([C@@H]1CCS(=O)(=O)C1)N([C@@H]1CCS(=O)(=O)C1)S(=O)(=O)c1cc(NC(C)=O)ccc1OC. The molecular weight excluding hydrogens is 689 g/mol. The molecule has 2 aromatic rings. The van der Waals surface area contributed by atoms with Crippen molar-refractivity contribution in [1.29, 1.82) is 0 Å². The van der Waals surface area contributed by atoms with Crippen LogP contribution in [0.1, 0.15) is 26.7 Å². The molecular formula is C26H34N4O12S4. The lowest BCUT2D eigenvalue weighted by molar-refractivity contribution is -0.115. The summed E-state index contributed by atoms with van der Waals surface area (Å²) in [5.74, 6) is -4.08. The molecule has 2 atom stereocenters. The highest BCUT2D eigenvalue weighted by atomic mass is 32.2. The van der Waals surface area contributed by atoms with Gasteiger partial charge in [0.2, 0.25) is 11.8 Å². The molecule has 0 radical (unpaired) electrons. The van der Waals surface area contributed by atoms with Crippen LogP contribution in [0.3, 0.4) is 0 Å². The van der Waals surface area contributed by atoms with E-state index in [2.05, 4.69) is 10.6 Å². The van der Waals surface area contributed by atoms with Crippen molar-refractivity contribution in [3.8, 4) is 11.5 Å². The van der Waals surface area contributed by atoms with Gasteiger partial charge in [-0.2, -0.15) is 0 Å². The number of carbonyl (C=O) groups is 2. The molecule has 0 aromatic heterocycles. The largest absolute Gasteiger partial charge is 0.495 e. The lowest BCUT2D eigenvalue weighted by Crippen LogP contribution is -2.58. The lowest BCUT2D eigenvalue weighted by Gasteiger charge is -2.39. The highest BCUT2D eigenvalue weighted by Crippen LogP contribution is 2.40. The Bertz CT molecular complexity index is 1840. The normalized spacial score (nSPS) is 20.8. The second-order valence-electron chi connectivity index (χ2n) is 10.8. The Hall–Kier alpha value is -3.30. The van der Waals surface area contributed by atoms with Gasteiger partial charge in [0.25, 0.3) is 20.0 Å². The van der Waals surface area contributed by atoms with Crippen molar-refractivity contribution in [3.05, 3.63) is 36.4 Å². The molecule has 2 aliphatic heterocycles. The Balaban J connectivity index is 2.05. The monoisotopic (exact) mass is 722 g/mol. The van der Waals surface area contributed by atoms with Gasteiger partial charge in [-0.1, -0.05) is 0 Å². The van der Waals surface area contributed by atoms with Crippen molar-refractivity contribution in [2.75, 3.05) is 47.9 Å². The number of methoxy groups -OCH3 is 2. The molecule has 0 spiro atoms. The van der Waals surface area contributed by atoms with E-state index in [4.69, 9.17) is 9.47 Å². The Morgan fingerprint density at radius 3 is 1.30 bits per heavy atom. The third-order valence-electron chi connectivity index (χ3n) is 7.25. The summed E-state index contributed by atoms with van der Waals surface area (Å²) in [6, 6.07) is 4.21. The first kappa shape index (κ1) is 35.6. The van der Waals surface area contributed by atoms with Crippen LogP contribution in [0.25, 0.3) is 0 Å². The molecule has 2 saturated heterocycles. The van der Waals surface area contributed by atoms with Gasteiger partial charge < -0.3 is 20.1 Å². The molecule has 2 aliphatic rings. The van der Waals surface area contributed by atoms with Gasteiger partial charge >= 0.3 is 0 Å². The summed E-state index contributed by atoms with van der Waals surface area (Å²) < 4.78 is 121. The smallest absolute Gasteiger partial charge is 0.260 e. The lowest BCUT2D eigenvalue weighted by atomic mass is 10.2. The van der Waals surface area contributed by atoms with Crippen molar-refractivity contribution in [1.82, 2.24) is 8.83 Å². The van der Waals surface area contributed by atoms with Gasteiger partial charge in [-0.15, -0.1) is 8.83 Å². The van der Waals surface area contributed by atoms with Gasteiger partial charge in [-0.05, 0) is 49.2 Å². The Morgan fingerprint density at radius 2 is 1.04 bits per heavy atom. The topological polar surface area (TPSA) is 220 Å². The van der Waals surface area contributed by atoms with E-state index in [1.165, 1.54) is 38.1 Å². The zero-order valence-corrected chi connectivity index (χ0v) is 28.6. The molecule has 46 heavy (non-hydrogen) atoms. The summed E-state index contributed by atoms with van der Waals surface area (Å²) >= 11 is 0. The van der Waals surface area contributed by atoms with Crippen molar-refractivity contribution >= 4 is 62.9 Å². The standard InChI is InChI=1S/C26H34N4O12S4/c1-17(31)27-19-5-7-23(41-3)25(13-19)45(37,38)29(21-9-11-43(33,34)15-21)30(22-10-12-44(35,36)16-22)46(39,40)26-14-20(28-18(2)32)6-8-24(26)42-4/h5-8,13-14,21-22H,9-12,15-16H2,1-4H3,(H,27,31)(H,28,32)/t21-,22-/m1/s1. The number of hydrogen-bond acceptors (Lipinski definition) is 12. The fourth-order valence-corrected chi connectivity index (χ4v) is 13.0. The molecule has 254 valence electrons. The number of ether oxygens (including phenoxy) is 2. The Kier molecular flexibility index (Phi) is 10.1. The second kappa shape index (κ2) is 13.1. The number of nitrogens with zero attached hydrogens (tertiary/aromatic N) is 2. The molecule has 0 unspecified atom stereocenters. The molecule has 16 nitrogen and oxygen atoms in total. The van der Waals surface area contributed by atoms with Crippen molar-refractivity contribution in [2.45, 2.75) is 48.6 Å². The number of sulfonamides is 2. The van der Waals surface area contributed by atoms with E-state index in [1.54, 1.807) is 0 Å². The zero-order chi connectivity index (χ0) is 34.2. The minimum Gasteiger partial charge on any atom is -0.495 e. The average molecular weight is 723 g/mol. The van der Waals surface area contributed by atoms with Crippen molar-refractivity contribution < 1.29 is 52.7 Å². The number of anilines is 2. The molecule has 20 heteroatoms. The van der Waals surface area contributed by atoms with Gasteiger partial charge in [0.05, 0.1) is 49.3 Å². The fraction of sp³-hybridized carbons (Fsp3) is 0.462. The van der Waals surface area contributed by atoms with E-state index in [-0.39, 0.29) is 35.7 Å². The number of hydrazine groups is 1. The minimum atomic E-state index is -5.12.